The van der Waals surface area contributed by atoms with Gasteiger partial charge in [0.1, 0.15) is 6.29 Å². The largest absolute Gasteiger partial charge is 0.342 e. The van der Waals surface area contributed by atoms with Crippen molar-refractivity contribution in [3.05, 3.63) is 42.3 Å². The van der Waals surface area contributed by atoms with Gasteiger partial charge in [-0.05, 0) is 11.6 Å². The van der Waals surface area contributed by atoms with Gasteiger partial charge in [-0.25, -0.2) is 0 Å². The average molecular weight is 200 g/mol. The molecule has 0 radical (unpaired) electrons. The van der Waals surface area contributed by atoms with Crippen LogP contribution in [0.1, 0.15) is 5.56 Å². The Hall–Kier alpha value is -2.23. The summed E-state index contributed by atoms with van der Waals surface area (Å²) in [5.74, 6) is 0.556. The molecule has 0 aliphatic carbocycles. The van der Waals surface area contributed by atoms with E-state index in [1.165, 1.54) is 12.5 Å². The lowest BCUT2D eigenvalue weighted by molar-refractivity contribution is -0.104. The number of carbonyl (C=O) groups is 1. The zero-order chi connectivity index (χ0) is 10.5. The molecule has 0 spiro atoms. The highest BCUT2D eigenvalue weighted by Gasteiger charge is 2.00. The molecule has 0 saturated heterocycles. The first-order valence-electron chi connectivity index (χ1n) is 4.39. The molecule has 15 heavy (non-hydrogen) atoms. The van der Waals surface area contributed by atoms with Crippen molar-refractivity contribution in [1.29, 1.82) is 0 Å². The maximum absolute atomic E-state index is 10.1. The molecule has 74 valence electrons. The van der Waals surface area contributed by atoms with Gasteiger partial charge in [0.2, 0.25) is 12.2 Å². The first-order valence-corrected chi connectivity index (χ1v) is 4.39. The van der Waals surface area contributed by atoms with Crippen molar-refractivity contribution in [1.82, 2.24) is 10.1 Å². The van der Waals surface area contributed by atoms with Crippen LogP contribution < -0.4 is 0 Å². The minimum Gasteiger partial charge on any atom is -0.342 e. The molecule has 4 nitrogen and oxygen atoms in total. The first kappa shape index (κ1) is 9.33. The number of carbonyl (C=O) groups excluding carboxylic acids is 1. The monoisotopic (exact) mass is 200 g/mol. The van der Waals surface area contributed by atoms with Gasteiger partial charge in [-0.2, -0.15) is 4.98 Å². The van der Waals surface area contributed by atoms with Crippen LogP contribution in [0.4, 0.5) is 0 Å². The smallest absolute Gasteiger partial charge is 0.214 e. The maximum Gasteiger partial charge on any atom is 0.214 e. The van der Waals surface area contributed by atoms with Crippen LogP contribution in [0.5, 0.6) is 0 Å². The van der Waals surface area contributed by atoms with Gasteiger partial charge in [-0.3, -0.25) is 4.79 Å². The third-order valence-electron chi connectivity index (χ3n) is 1.90. The molecular weight excluding hydrogens is 192 g/mol. The average Bonchev–Trinajstić information content (AvgIpc) is 2.80. The fourth-order valence-corrected chi connectivity index (χ4v) is 1.19. The molecule has 1 heterocycles. The van der Waals surface area contributed by atoms with Gasteiger partial charge in [-0.15, -0.1) is 0 Å². The van der Waals surface area contributed by atoms with Crippen molar-refractivity contribution in [2.45, 2.75) is 0 Å². The third-order valence-corrected chi connectivity index (χ3v) is 1.90. The molecule has 0 amide bonds. The second kappa shape index (κ2) is 4.32. The van der Waals surface area contributed by atoms with E-state index in [1.54, 1.807) is 6.08 Å². The van der Waals surface area contributed by atoms with E-state index in [0.29, 0.717) is 5.82 Å². The van der Waals surface area contributed by atoms with E-state index >= 15 is 0 Å². The van der Waals surface area contributed by atoms with Gasteiger partial charge in [0.05, 0.1) is 0 Å². The topological polar surface area (TPSA) is 56.0 Å². The second-order valence-electron chi connectivity index (χ2n) is 2.87. The number of allylic oxidation sites excluding steroid dienone is 1. The van der Waals surface area contributed by atoms with E-state index in [-0.39, 0.29) is 0 Å². The van der Waals surface area contributed by atoms with Crippen LogP contribution in [0.25, 0.3) is 17.5 Å². The Balaban J connectivity index is 2.24. The van der Waals surface area contributed by atoms with Gasteiger partial charge in [-0.1, -0.05) is 35.5 Å². The van der Waals surface area contributed by atoms with Crippen LogP contribution in [-0.4, -0.2) is 16.4 Å². The van der Waals surface area contributed by atoms with Crippen molar-refractivity contribution in [2.75, 3.05) is 0 Å². The summed E-state index contributed by atoms with van der Waals surface area (Å²) in [4.78, 5) is 14.0. The Morgan fingerprint density at radius 1 is 1.20 bits per heavy atom. The van der Waals surface area contributed by atoms with E-state index in [4.69, 9.17) is 0 Å². The van der Waals surface area contributed by atoms with Crippen LogP contribution >= 0.6 is 0 Å². The van der Waals surface area contributed by atoms with E-state index < -0.39 is 0 Å². The van der Waals surface area contributed by atoms with Gasteiger partial charge in [0, 0.05) is 5.56 Å². The van der Waals surface area contributed by atoms with Crippen LogP contribution in [-0.2, 0) is 4.79 Å². The predicted octanol–water partition coefficient (Wildman–Crippen LogP) is 1.95. The summed E-state index contributed by atoms with van der Waals surface area (Å²) in [6.07, 6.45) is 5.21. The minimum absolute atomic E-state index is 0.556. The van der Waals surface area contributed by atoms with Crippen molar-refractivity contribution in [3.63, 3.8) is 0 Å². The van der Waals surface area contributed by atoms with Gasteiger partial charge >= 0.3 is 0 Å². The summed E-state index contributed by atoms with van der Waals surface area (Å²) >= 11 is 0. The highest BCUT2D eigenvalue weighted by molar-refractivity contribution is 5.74. The summed E-state index contributed by atoms with van der Waals surface area (Å²) in [5, 5.41) is 3.72. The lowest BCUT2D eigenvalue weighted by Gasteiger charge is -1.95. The van der Waals surface area contributed by atoms with E-state index in [0.717, 1.165) is 17.4 Å². The highest BCUT2D eigenvalue weighted by Crippen LogP contribution is 2.15. The van der Waals surface area contributed by atoms with Crippen molar-refractivity contribution in [2.24, 2.45) is 0 Å². The predicted molar refractivity (Wildman–Crippen MR) is 54.8 cm³/mol. The Morgan fingerprint density at radius 2 is 2.00 bits per heavy atom. The number of hydrogen-bond acceptors (Lipinski definition) is 4. The number of aromatic nitrogens is 2. The molecule has 0 saturated carbocycles. The quantitative estimate of drug-likeness (QED) is 0.561. The summed E-state index contributed by atoms with van der Waals surface area (Å²) in [6, 6.07) is 7.50. The molecule has 1 aromatic heterocycles. The molecule has 0 aliphatic heterocycles. The summed E-state index contributed by atoms with van der Waals surface area (Å²) in [5.41, 5.74) is 1.83. The number of aldehydes is 1. The molecule has 0 aliphatic rings. The SMILES string of the molecule is O=CC=Cc1ccc(-c2ncon2)cc1. The van der Waals surface area contributed by atoms with Crippen LogP contribution in [0.2, 0.25) is 0 Å². The fourth-order valence-electron chi connectivity index (χ4n) is 1.19. The molecule has 0 fully saturated rings. The maximum atomic E-state index is 10.1. The van der Waals surface area contributed by atoms with Gasteiger partial charge in [0.25, 0.3) is 0 Å². The molecule has 2 rings (SSSR count). The molecular formula is C11H8N2O2. The summed E-state index contributed by atoms with van der Waals surface area (Å²) in [6.45, 7) is 0. The summed E-state index contributed by atoms with van der Waals surface area (Å²) in [7, 11) is 0. The van der Waals surface area contributed by atoms with Crippen molar-refractivity contribution < 1.29 is 9.32 Å². The normalized spacial score (nSPS) is 10.7. The molecule has 0 bridgehead atoms. The Morgan fingerprint density at radius 3 is 2.60 bits per heavy atom. The molecule has 2 aromatic rings. The molecule has 0 N–H and O–H groups in total. The van der Waals surface area contributed by atoms with Crippen LogP contribution in [0.15, 0.2) is 41.3 Å². The van der Waals surface area contributed by atoms with Crippen LogP contribution in [0.3, 0.4) is 0 Å². The lowest BCUT2D eigenvalue weighted by Crippen LogP contribution is -1.80. The first-order chi connectivity index (χ1) is 7.40. The zero-order valence-corrected chi connectivity index (χ0v) is 7.83. The lowest BCUT2D eigenvalue weighted by atomic mass is 10.1. The van der Waals surface area contributed by atoms with Gasteiger partial charge < -0.3 is 4.52 Å². The number of benzene rings is 1. The Kier molecular flexibility index (Phi) is 2.69. The van der Waals surface area contributed by atoms with Gasteiger partial charge in [0.15, 0.2) is 0 Å². The number of rotatable bonds is 3. The van der Waals surface area contributed by atoms with E-state index in [9.17, 15) is 4.79 Å². The van der Waals surface area contributed by atoms with E-state index in [2.05, 4.69) is 14.7 Å². The number of nitrogens with zero attached hydrogens (tertiary/aromatic N) is 2. The van der Waals surface area contributed by atoms with Crippen molar-refractivity contribution in [3.8, 4) is 11.4 Å². The summed E-state index contributed by atoms with van der Waals surface area (Å²) < 4.78 is 4.64. The molecule has 1 aromatic carbocycles. The third kappa shape index (κ3) is 2.17. The fraction of sp³-hybridized carbons (Fsp3) is 0. The van der Waals surface area contributed by atoms with E-state index in [1.807, 2.05) is 24.3 Å². The second-order valence-corrected chi connectivity index (χ2v) is 2.87. The number of hydrogen-bond donors (Lipinski definition) is 0. The zero-order valence-electron chi connectivity index (χ0n) is 7.83. The molecule has 0 atom stereocenters. The van der Waals surface area contributed by atoms with Crippen LogP contribution in [0, 0.1) is 0 Å². The minimum atomic E-state index is 0.556. The molecule has 0 unspecified atom stereocenters. The Bertz CT molecular complexity index is 458. The Labute approximate surface area is 86.2 Å². The highest BCUT2D eigenvalue weighted by atomic mass is 16.5. The standard InChI is InChI=1S/C11H8N2O2/c14-7-1-2-9-3-5-10(6-4-9)11-12-8-15-13-11/h1-8H. The molecule has 4 heteroatoms. The van der Waals surface area contributed by atoms with Crippen molar-refractivity contribution >= 4 is 12.4 Å².